The first kappa shape index (κ1) is 13.9. The van der Waals surface area contributed by atoms with Gasteiger partial charge in [-0.25, -0.2) is 0 Å². The van der Waals surface area contributed by atoms with E-state index in [9.17, 15) is 34.8 Å². The number of carbonyl (C=O) groups is 3. The first-order chi connectivity index (χ1) is 16.4. The average Bonchev–Trinajstić information content (AvgIpc) is 2.71. The highest BCUT2D eigenvalue weighted by molar-refractivity contribution is 6.24. The minimum Gasteiger partial charge on any atom is -0.508 e. The number of rotatable bonds is 2. The van der Waals surface area contributed by atoms with Crippen molar-refractivity contribution in [1.29, 1.82) is 0 Å². The molecule has 3 aliphatic rings. The van der Waals surface area contributed by atoms with Gasteiger partial charge in [-0.3, -0.25) is 19.3 Å². The Morgan fingerprint density at radius 3 is 2.60 bits per heavy atom. The van der Waals surface area contributed by atoms with Crippen LogP contribution < -0.4 is 5.73 Å². The number of phenolic OH excluding ortho intramolecular Hbond substituents is 1. The number of fused-ring (bicyclic) bond motifs is 3. The van der Waals surface area contributed by atoms with Crippen LogP contribution >= 0.6 is 0 Å². The maximum atomic E-state index is 13.7. The maximum absolute atomic E-state index is 13.7. The van der Waals surface area contributed by atoms with E-state index in [4.69, 9.17) is 14.0 Å². The van der Waals surface area contributed by atoms with Crippen molar-refractivity contribution in [3.63, 3.8) is 0 Å². The first-order valence-corrected chi connectivity index (χ1v) is 9.02. The van der Waals surface area contributed by atoms with Gasteiger partial charge in [-0.2, -0.15) is 0 Å². The molecule has 158 valence electrons. The monoisotopic (exact) mass is 420 g/mol. The molecule has 1 saturated carbocycles. The van der Waals surface area contributed by atoms with Crippen LogP contribution in [0.15, 0.2) is 35.1 Å². The summed E-state index contributed by atoms with van der Waals surface area (Å²) in [4.78, 5) is 38.9. The lowest BCUT2D eigenvalue weighted by Gasteiger charge is -2.50. The zero-order valence-electron chi connectivity index (χ0n) is 21.4. The second-order valence-corrected chi connectivity index (χ2v) is 7.68. The van der Waals surface area contributed by atoms with Gasteiger partial charge in [-0.1, -0.05) is 12.1 Å². The highest BCUT2D eigenvalue weighted by Gasteiger charge is 2.64. The zero-order chi connectivity index (χ0) is 27.1. The fourth-order valence-electron chi connectivity index (χ4n) is 4.88. The number of aromatic hydroxyl groups is 1. The van der Waals surface area contributed by atoms with Crippen LogP contribution in [-0.2, 0) is 20.8 Å². The van der Waals surface area contributed by atoms with Crippen LogP contribution in [0.4, 0.5) is 0 Å². The van der Waals surface area contributed by atoms with Gasteiger partial charge in [0.15, 0.2) is 11.4 Å². The molecule has 0 unspecified atom stereocenters. The number of aliphatic hydroxyl groups is 3. The van der Waals surface area contributed by atoms with E-state index < -0.39 is 84.0 Å². The van der Waals surface area contributed by atoms with Crippen LogP contribution in [0.1, 0.15) is 25.8 Å². The van der Waals surface area contributed by atoms with Crippen LogP contribution in [0.2, 0.25) is 0 Å². The van der Waals surface area contributed by atoms with Crippen molar-refractivity contribution in [2.45, 2.75) is 24.5 Å². The van der Waals surface area contributed by atoms with Gasteiger partial charge >= 0.3 is 0 Å². The number of hydrogen-bond donors (Lipinski definition) is 5. The second-order valence-electron chi connectivity index (χ2n) is 7.68. The van der Waals surface area contributed by atoms with Crippen molar-refractivity contribution >= 4 is 23.2 Å². The molecule has 30 heavy (non-hydrogen) atoms. The Bertz CT molecular complexity index is 1250. The molecule has 0 radical (unpaired) electrons. The largest absolute Gasteiger partial charge is 0.508 e. The predicted molar refractivity (Wildman–Crippen MR) is 104 cm³/mol. The Kier molecular flexibility index (Phi) is 2.98. The number of phenols is 1. The molecule has 4 atom stereocenters. The molecule has 0 bridgehead atoms. The number of ketones is 2. The molecule has 1 fully saturated rings. The lowest BCUT2D eigenvalue weighted by molar-refractivity contribution is -0.153. The molecule has 0 saturated heterocycles. The van der Waals surface area contributed by atoms with E-state index in [0.717, 1.165) is 0 Å². The second kappa shape index (κ2) is 6.41. The SMILES string of the molecule is [2H]C([2H])([2H])N([C@H]1C(=O)C(C(N)=O)=C(O)[C@]2(O)C(=O)C3=C(O)c4c(O)cccc4C[C@@H]3C[C@H]12)C([2H])([2H])[2H]. The number of aliphatic hydroxyl groups excluding tert-OH is 2. The van der Waals surface area contributed by atoms with Gasteiger partial charge in [0.1, 0.15) is 22.8 Å². The molecule has 0 aromatic heterocycles. The van der Waals surface area contributed by atoms with Gasteiger partial charge in [0, 0.05) is 19.7 Å². The van der Waals surface area contributed by atoms with Gasteiger partial charge in [-0.05, 0) is 44.3 Å². The predicted octanol–water partition coefficient (Wildman–Crippen LogP) is -0.0360. The topological polar surface area (TPSA) is 161 Å². The summed E-state index contributed by atoms with van der Waals surface area (Å²) < 4.78 is 46.5. The van der Waals surface area contributed by atoms with Gasteiger partial charge < -0.3 is 26.2 Å². The van der Waals surface area contributed by atoms with Crippen molar-refractivity contribution in [2.24, 2.45) is 17.6 Å². The fourth-order valence-corrected chi connectivity index (χ4v) is 4.88. The molecule has 0 spiro atoms. The number of benzene rings is 1. The standard InChI is InChI=1S/C21H22N2O7/c1-23(2)15-10-7-9-6-8-4-3-5-11(24)12(8)16(25)13(9)18(27)21(10,30)19(28)14(17(15)26)20(22)29/h3-5,9-10,15,24-25,28,30H,6-7H2,1-2H3,(H2,22,29)/t9-,10-,15-,21-/m1/s1/i1D3,2D3. The molecule has 1 aromatic rings. The number of carbonyl (C=O) groups excluding carboxylic acids is 3. The molecule has 0 heterocycles. The minimum absolute atomic E-state index is 0.00293. The summed E-state index contributed by atoms with van der Waals surface area (Å²) in [6.45, 7) is -6.93. The van der Waals surface area contributed by atoms with Crippen molar-refractivity contribution in [3.05, 3.63) is 46.2 Å². The third-order valence-corrected chi connectivity index (χ3v) is 6.18. The van der Waals surface area contributed by atoms with Crippen molar-refractivity contribution in [2.75, 3.05) is 14.0 Å². The normalized spacial score (nSPS) is 34.7. The van der Waals surface area contributed by atoms with Crippen molar-refractivity contribution < 1.29 is 43.0 Å². The van der Waals surface area contributed by atoms with Crippen LogP contribution in [0.3, 0.4) is 0 Å². The Balaban J connectivity index is 2.02. The zero-order valence-corrected chi connectivity index (χ0v) is 15.4. The van der Waals surface area contributed by atoms with E-state index in [2.05, 4.69) is 0 Å². The van der Waals surface area contributed by atoms with E-state index in [0.29, 0.717) is 5.56 Å². The van der Waals surface area contributed by atoms with Gasteiger partial charge in [0.05, 0.1) is 11.6 Å². The Morgan fingerprint density at radius 2 is 1.97 bits per heavy atom. The summed E-state index contributed by atoms with van der Waals surface area (Å²) in [7, 11) is 0. The van der Waals surface area contributed by atoms with Crippen molar-refractivity contribution in [3.8, 4) is 5.75 Å². The van der Waals surface area contributed by atoms with E-state index in [1.165, 1.54) is 12.1 Å². The molecular formula is C21H22N2O7. The lowest BCUT2D eigenvalue weighted by Crippen LogP contribution is -2.65. The van der Waals surface area contributed by atoms with Gasteiger partial charge in [0.25, 0.3) is 5.91 Å². The molecule has 4 rings (SSSR count). The fraction of sp³-hybridized carbons (Fsp3) is 0.381. The summed E-state index contributed by atoms with van der Waals surface area (Å²) in [6.07, 6.45) is -0.442. The molecule has 9 nitrogen and oxygen atoms in total. The van der Waals surface area contributed by atoms with E-state index in [1.54, 1.807) is 6.07 Å². The summed E-state index contributed by atoms with van der Waals surface area (Å²) in [5, 5.41) is 43.5. The Morgan fingerprint density at radius 1 is 1.27 bits per heavy atom. The average molecular weight is 420 g/mol. The lowest BCUT2D eigenvalue weighted by atomic mass is 9.57. The summed E-state index contributed by atoms with van der Waals surface area (Å²) in [5.74, 6) is -9.80. The molecule has 1 aromatic carbocycles. The van der Waals surface area contributed by atoms with E-state index in [1.807, 2.05) is 0 Å². The number of primary amides is 1. The Hall–Kier alpha value is -3.17. The third-order valence-electron chi connectivity index (χ3n) is 6.18. The number of Topliss-reactive ketones (excluding diaryl/α,β-unsaturated/α-hetero) is 2. The number of amides is 1. The number of nitrogens with zero attached hydrogens (tertiary/aromatic N) is 1. The molecular weight excluding hydrogens is 392 g/mol. The number of hydrogen-bond acceptors (Lipinski definition) is 8. The van der Waals surface area contributed by atoms with Crippen LogP contribution in [0.5, 0.6) is 5.75 Å². The molecule has 6 N–H and O–H groups in total. The number of nitrogens with two attached hydrogens (primary N) is 1. The van der Waals surface area contributed by atoms with E-state index >= 15 is 0 Å². The minimum atomic E-state index is -3.46. The quantitative estimate of drug-likeness (QED) is 0.417. The van der Waals surface area contributed by atoms with Crippen molar-refractivity contribution in [1.82, 2.24) is 4.90 Å². The van der Waals surface area contributed by atoms with E-state index in [-0.39, 0.29) is 22.6 Å². The highest BCUT2D eigenvalue weighted by atomic mass is 16.3. The highest BCUT2D eigenvalue weighted by Crippen LogP contribution is 2.52. The smallest absolute Gasteiger partial charge is 0.255 e. The molecule has 0 aliphatic heterocycles. The maximum Gasteiger partial charge on any atom is 0.255 e. The summed E-state index contributed by atoms with van der Waals surface area (Å²) >= 11 is 0. The van der Waals surface area contributed by atoms with Gasteiger partial charge in [-0.15, -0.1) is 0 Å². The van der Waals surface area contributed by atoms with Crippen LogP contribution in [0, 0.1) is 11.8 Å². The van der Waals surface area contributed by atoms with Crippen LogP contribution in [0.25, 0.3) is 5.76 Å². The summed E-state index contributed by atoms with van der Waals surface area (Å²) in [6, 6.07) is 2.00. The van der Waals surface area contributed by atoms with Gasteiger partial charge in [0.2, 0.25) is 5.78 Å². The molecule has 3 aliphatic carbocycles. The third kappa shape index (κ3) is 2.39. The molecule has 9 heteroatoms. The summed E-state index contributed by atoms with van der Waals surface area (Å²) in [5.41, 5.74) is 0.601. The first-order valence-electron chi connectivity index (χ1n) is 12.0. The molecule has 1 amide bonds. The Labute approximate surface area is 180 Å². The van der Waals surface area contributed by atoms with Crippen LogP contribution in [-0.4, -0.2) is 68.4 Å². The number of likely N-dealkylation sites (N-methyl/N-ethyl adjacent to an activating group) is 1.